The zero-order valence-corrected chi connectivity index (χ0v) is 18.4. The van der Waals surface area contributed by atoms with Crippen LogP contribution in [-0.2, 0) is 20.0 Å². The second-order valence-electron chi connectivity index (χ2n) is 6.31. The molecule has 0 amide bonds. The van der Waals surface area contributed by atoms with Crippen molar-refractivity contribution < 1.29 is 0 Å². The fourth-order valence-corrected chi connectivity index (χ4v) is 2.92. The van der Waals surface area contributed by atoms with Crippen LogP contribution in [0.2, 0.25) is 0 Å². The fourth-order valence-electron chi connectivity index (χ4n) is 2.92. The quantitative estimate of drug-likeness (QED) is 0.337. The minimum Gasteiger partial charge on any atom is -0.356 e. The molecule has 1 N–H and O–H groups in total. The predicted molar refractivity (Wildman–Crippen MR) is 121 cm³/mol. The second-order valence-corrected chi connectivity index (χ2v) is 6.31. The molecule has 3 rings (SSSR count). The molecule has 2 aromatic heterocycles. The van der Waals surface area contributed by atoms with Crippen LogP contribution in [0.1, 0.15) is 11.3 Å². The molecule has 0 aliphatic carbocycles. The van der Waals surface area contributed by atoms with Crippen LogP contribution in [0, 0.1) is 0 Å². The van der Waals surface area contributed by atoms with Gasteiger partial charge >= 0.3 is 0 Å². The standard InChI is InChI=1S/C20H26N6.HI/c1-21-20(25(3)16-19-6-4-14-24(19)2)22-13-11-17-7-9-18(10-8-17)26-15-5-12-23-26;/h4-10,12,14-15H,11,13,16H2,1-3H3,(H,21,22);1H. The average Bonchev–Trinajstić information content (AvgIpc) is 3.32. The van der Waals surface area contributed by atoms with Gasteiger partial charge in [0.15, 0.2) is 5.96 Å². The van der Waals surface area contributed by atoms with E-state index in [4.69, 9.17) is 0 Å². The van der Waals surface area contributed by atoms with E-state index in [9.17, 15) is 0 Å². The lowest BCUT2D eigenvalue weighted by Crippen LogP contribution is -2.39. The van der Waals surface area contributed by atoms with Gasteiger partial charge in [0.05, 0.1) is 12.2 Å². The van der Waals surface area contributed by atoms with Crippen molar-refractivity contribution in [2.45, 2.75) is 13.0 Å². The molecule has 0 unspecified atom stereocenters. The van der Waals surface area contributed by atoms with Gasteiger partial charge < -0.3 is 14.8 Å². The lowest BCUT2D eigenvalue weighted by molar-refractivity contribution is 0.462. The number of rotatable bonds is 6. The molecule has 0 fully saturated rings. The Balaban J connectivity index is 0.00000261. The van der Waals surface area contributed by atoms with Crippen LogP contribution in [0.15, 0.2) is 66.0 Å². The van der Waals surface area contributed by atoms with Crippen LogP contribution in [0.3, 0.4) is 0 Å². The van der Waals surface area contributed by atoms with Crippen LogP contribution in [-0.4, -0.2) is 45.8 Å². The monoisotopic (exact) mass is 478 g/mol. The molecule has 0 atom stereocenters. The Hall–Kier alpha value is -2.29. The summed E-state index contributed by atoms with van der Waals surface area (Å²) in [6.07, 6.45) is 6.74. The van der Waals surface area contributed by atoms with Crippen molar-refractivity contribution in [1.82, 2.24) is 24.6 Å². The molecule has 27 heavy (non-hydrogen) atoms. The van der Waals surface area contributed by atoms with Gasteiger partial charge in [-0.25, -0.2) is 4.68 Å². The Morgan fingerprint density at radius 2 is 1.93 bits per heavy atom. The number of aryl methyl sites for hydroxylation is 1. The predicted octanol–water partition coefficient (Wildman–Crippen LogP) is 3.08. The summed E-state index contributed by atoms with van der Waals surface area (Å²) in [6, 6.07) is 14.6. The van der Waals surface area contributed by atoms with E-state index in [1.807, 2.05) is 24.0 Å². The first-order valence-electron chi connectivity index (χ1n) is 8.78. The number of aromatic nitrogens is 3. The number of benzene rings is 1. The fraction of sp³-hybridized carbons (Fsp3) is 0.300. The third-order valence-electron chi connectivity index (χ3n) is 4.43. The Morgan fingerprint density at radius 1 is 1.15 bits per heavy atom. The number of hydrogen-bond donors (Lipinski definition) is 1. The highest BCUT2D eigenvalue weighted by atomic mass is 127. The molecule has 7 heteroatoms. The van der Waals surface area contributed by atoms with Gasteiger partial charge in [-0.2, -0.15) is 5.10 Å². The van der Waals surface area contributed by atoms with Crippen molar-refractivity contribution in [2.24, 2.45) is 12.0 Å². The molecule has 0 saturated carbocycles. The van der Waals surface area contributed by atoms with Crippen LogP contribution in [0.4, 0.5) is 0 Å². The first kappa shape index (κ1) is 21.0. The van der Waals surface area contributed by atoms with Gasteiger partial charge in [-0.1, -0.05) is 12.1 Å². The minimum atomic E-state index is 0. The average molecular weight is 478 g/mol. The van der Waals surface area contributed by atoms with E-state index in [1.54, 1.807) is 6.20 Å². The van der Waals surface area contributed by atoms with Gasteiger partial charge in [-0.15, -0.1) is 24.0 Å². The van der Waals surface area contributed by atoms with Crippen LogP contribution >= 0.6 is 24.0 Å². The molecule has 0 spiro atoms. The van der Waals surface area contributed by atoms with Gasteiger partial charge in [0, 0.05) is 52.0 Å². The van der Waals surface area contributed by atoms with Gasteiger partial charge in [0.2, 0.25) is 0 Å². The van der Waals surface area contributed by atoms with Crippen molar-refractivity contribution in [2.75, 3.05) is 20.6 Å². The molecule has 0 radical (unpaired) electrons. The van der Waals surface area contributed by atoms with E-state index >= 15 is 0 Å². The highest BCUT2D eigenvalue weighted by Gasteiger charge is 2.08. The number of guanidine groups is 1. The lowest BCUT2D eigenvalue weighted by atomic mass is 10.1. The first-order valence-corrected chi connectivity index (χ1v) is 8.78. The van der Waals surface area contributed by atoms with Crippen LogP contribution in [0.25, 0.3) is 5.69 Å². The Bertz CT molecular complexity index is 836. The first-order chi connectivity index (χ1) is 12.7. The van der Waals surface area contributed by atoms with Crippen molar-refractivity contribution in [3.8, 4) is 5.69 Å². The molecule has 0 bridgehead atoms. The number of hydrogen-bond acceptors (Lipinski definition) is 2. The van der Waals surface area contributed by atoms with E-state index in [-0.39, 0.29) is 24.0 Å². The Morgan fingerprint density at radius 3 is 2.52 bits per heavy atom. The molecule has 3 aromatic rings. The second kappa shape index (κ2) is 10.1. The number of nitrogens with zero attached hydrogens (tertiary/aromatic N) is 5. The zero-order chi connectivity index (χ0) is 18.4. The van der Waals surface area contributed by atoms with Crippen LogP contribution < -0.4 is 5.32 Å². The van der Waals surface area contributed by atoms with E-state index < -0.39 is 0 Å². The summed E-state index contributed by atoms with van der Waals surface area (Å²) >= 11 is 0. The molecule has 2 heterocycles. The van der Waals surface area contributed by atoms with Gasteiger partial charge in [0.1, 0.15) is 0 Å². The number of nitrogens with one attached hydrogen (secondary N) is 1. The smallest absolute Gasteiger partial charge is 0.193 e. The van der Waals surface area contributed by atoms with E-state index in [0.29, 0.717) is 0 Å². The number of aliphatic imine (C=N–C) groups is 1. The summed E-state index contributed by atoms with van der Waals surface area (Å²) in [5, 5.41) is 7.69. The van der Waals surface area contributed by atoms with E-state index in [1.165, 1.54) is 11.3 Å². The lowest BCUT2D eigenvalue weighted by Gasteiger charge is -2.22. The highest BCUT2D eigenvalue weighted by Crippen LogP contribution is 2.09. The molecule has 6 nitrogen and oxygen atoms in total. The summed E-state index contributed by atoms with van der Waals surface area (Å²) in [5.74, 6) is 0.902. The molecular weight excluding hydrogens is 451 g/mol. The molecule has 0 aliphatic heterocycles. The third kappa shape index (κ3) is 5.59. The molecule has 1 aromatic carbocycles. The maximum Gasteiger partial charge on any atom is 0.193 e. The molecular formula is C20H27IN6. The van der Waals surface area contributed by atoms with Crippen molar-refractivity contribution in [1.29, 1.82) is 0 Å². The third-order valence-corrected chi connectivity index (χ3v) is 4.43. The SMILES string of the molecule is CN=C(NCCc1ccc(-n2cccn2)cc1)N(C)Cc1cccn1C.I. The molecule has 144 valence electrons. The summed E-state index contributed by atoms with van der Waals surface area (Å²) in [4.78, 5) is 6.52. The molecule has 0 aliphatic rings. The van der Waals surface area contributed by atoms with Crippen LogP contribution in [0.5, 0.6) is 0 Å². The topological polar surface area (TPSA) is 50.4 Å². The van der Waals surface area contributed by atoms with Gasteiger partial charge in [0.25, 0.3) is 0 Å². The largest absolute Gasteiger partial charge is 0.356 e. The summed E-state index contributed by atoms with van der Waals surface area (Å²) in [6.45, 7) is 1.66. The summed E-state index contributed by atoms with van der Waals surface area (Å²) < 4.78 is 3.99. The van der Waals surface area contributed by atoms with Gasteiger partial charge in [-0.3, -0.25) is 4.99 Å². The Labute approximate surface area is 177 Å². The maximum atomic E-state index is 4.39. The van der Waals surface area contributed by atoms with Crippen molar-refractivity contribution in [3.63, 3.8) is 0 Å². The van der Waals surface area contributed by atoms with E-state index in [0.717, 1.165) is 31.2 Å². The highest BCUT2D eigenvalue weighted by molar-refractivity contribution is 14.0. The number of halogens is 1. The van der Waals surface area contributed by atoms with Crippen molar-refractivity contribution in [3.05, 3.63) is 72.3 Å². The summed E-state index contributed by atoms with van der Waals surface area (Å²) in [5.41, 5.74) is 3.61. The minimum absolute atomic E-state index is 0. The normalized spacial score (nSPS) is 11.1. The Kier molecular flexibility index (Phi) is 7.90. The van der Waals surface area contributed by atoms with E-state index in [2.05, 4.69) is 81.6 Å². The maximum absolute atomic E-state index is 4.39. The van der Waals surface area contributed by atoms with Gasteiger partial charge in [-0.05, 0) is 42.3 Å². The molecule has 0 saturated heterocycles. The zero-order valence-electron chi connectivity index (χ0n) is 16.0. The van der Waals surface area contributed by atoms with Crippen molar-refractivity contribution >= 4 is 29.9 Å². The summed E-state index contributed by atoms with van der Waals surface area (Å²) in [7, 11) is 5.94.